The van der Waals surface area contributed by atoms with Gasteiger partial charge in [0.05, 0.1) is 16.4 Å². The Labute approximate surface area is 114 Å². The van der Waals surface area contributed by atoms with Gasteiger partial charge in [-0.2, -0.15) is 0 Å². The van der Waals surface area contributed by atoms with Gasteiger partial charge in [-0.15, -0.1) is 0 Å². The third kappa shape index (κ3) is 5.48. The molecular formula is C11H15BrClN3O. The number of nitrogens with two attached hydrogens (primary N) is 1. The van der Waals surface area contributed by atoms with E-state index in [4.69, 9.17) is 17.3 Å². The van der Waals surface area contributed by atoms with E-state index in [0.29, 0.717) is 21.7 Å². The molecule has 1 rings (SSSR count). The molecule has 4 nitrogen and oxygen atoms in total. The first kappa shape index (κ1) is 14.4. The third-order valence-electron chi connectivity index (χ3n) is 2.14. The van der Waals surface area contributed by atoms with Crippen LogP contribution in [0.25, 0.3) is 0 Å². The van der Waals surface area contributed by atoms with Gasteiger partial charge in [0.2, 0.25) is 5.91 Å². The summed E-state index contributed by atoms with van der Waals surface area (Å²) in [6, 6.07) is 1.85. The van der Waals surface area contributed by atoms with Crippen LogP contribution in [0.2, 0.25) is 5.15 Å². The predicted molar refractivity (Wildman–Crippen MR) is 73.1 cm³/mol. The van der Waals surface area contributed by atoms with E-state index in [2.05, 4.69) is 26.2 Å². The molecule has 1 aromatic rings. The number of nitrogens with one attached hydrogen (secondary N) is 1. The molecular weight excluding hydrogens is 305 g/mol. The number of carbonyl (C=O) groups excluding carboxylic acids is 1. The summed E-state index contributed by atoms with van der Waals surface area (Å²) < 4.78 is 0.660. The van der Waals surface area contributed by atoms with E-state index < -0.39 is 0 Å². The molecule has 3 N–H and O–H groups in total. The Bertz CT molecular complexity index is 398. The standard InChI is InChI=1S/C11H15BrClN3O/c1-7(14)3-2-4-10(17)16-8-5-9(12)11(13)15-6-8/h5-7H,2-4,14H2,1H3,(H,16,17). The van der Waals surface area contributed by atoms with E-state index >= 15 is 0 Å². The number of pyridine rings is 1. The second-order valence-electron chi connectivity index (χ2n) is 3.91. The van der Waals surface area contributed by atoms with Crippen LogP contribution in [0.1, 0.15) is 26.2 Å². The molecule has 6 heteroatoms. The number of aromatic nitrogens is 1. The minimum Gasteiger partial charge on any atom is -0.328 e. The van der Waals surface area contributed by atoms with E-state index in [1.54, 1.807) is 6.07 Å². The molecule has 1 amide bonds. The van der Waals surface area contributed by atoms with Crippen LogP contribution < -0.4 is 11.1 Å². The number of anilines is 1. The van der Waals surface area contributed by atoms with E-state index in [0.717, 1.165) is 12.8 Å². The molecule has 0 saturated heterocycles. The van der Waals surface area contributed by atoms with Crippen molar-refractivity contribution >= 4 is 39.1 Å². The Balaban J connectivity index is 2.42. The first-order valence-electron chi connectivity index (χ1n) is 5.35. The van der Waals surface area contributed by atoms with Gasteiger partial charge >= 0.3 is 0 Å². The summed E-state index contributed by atoms with van der Waals surface area (Å²) in [4.78, 5) is 15.5. The first-order chi connectivity index (χ1) is 7.99. The monoisotopic (exact) mass is 319 g/mol. The molecule has 0 bridgehead atoms. The lowest BCUT2D eigenvalue weighted by Gasteiger charge is -2.07. The smallest absolute Gasteiger partial charge is 0.224 e. The third-order valence-corrected chi connectivity index (χ3v) is 3.28. The molecule has 94 valence electrons. The van der Waals surface area contributed by atoms with Crippen molar-refractivity contribution in [2.45, 2.75) is 32.2 Å². The summed E-state index contributed by atoms with van der Waals surface area (Å²) >= 11 is 9.00. The van der Waals surface area contributed by atoms with Crippen molar-refractivity contribution in [2.75, 3.05) is 5.32 Å². The maximum Gasteiger partial charge on any atom is 0.224 e. The number of halogens is 2. The Kier molecular flexibility index (Phi) is 5.88. The molecule has 0 saturated carbocycles. The first-order valence-corrected chi connectivity index (χ1v) is 6.52. The van der Waals surface area contributed by atoms with Crippen LogP contribution in [-0.2, 0) is 4.79 Å². The van der Waals surface area contributed by atoms with Gasteiger partial charge in [0.15, 0.2) is 0 Å². The molecule has 1 atom stereocenters. The van der Waals surface area contributed by atoms with Crippen LogP contribution in [0.4, 0.5) is 5.69 Å². The summed E-state index contributed by atoms with van der Waals surface area (Å²) in [5.74, 6) is -0.0401. The average molecular weight is 321 g/mol. The van der Waals surface area contributed by atoms with E-state index in [1.807, 2.05) is 6.92 Å². The van der Waals surface area contributed by atoms with Crippen molar-refractivity contribution in [1.82, 2.24) is 4.98 Å². The van der Waals surface area contributed by atoms with Gasteiger partial charge in [0.1, 0.15) is 5.15 Å². The maximum atomic E-state index is 11.6. The highest BCUT2D eigenvalue weighted by molar-refractivity contribution is 9.10. The van der Waals surface area contributed by atoms with Crippen LogP contribution >= 0.6 is 27.5 Å². The van der Waals surface area contributed by atoms with Gasteiger partial charge in [-0.25, -0.2) is 4.98 Å². The van der Waals surface area contributed by atoms with Crippen molar-refractivity contribution < 1.29 is 4.79 Å². The number of nitrogens with zero attached hydrogens (tertiary/aromatic N) is 1. The molecule has 0 aliphatic heterocycles. The molecule has 1 aromatic heterocycles. The number of carbonyl (C=O) groups is 1. The Morgan fingerprint density at radius 2 is 2.41 bits per heavy atom. The van der Waals surface area contributed by atoms with Crippen LogP contribution in [0.5, 0.6) is 0 Å². The van der Waals surface area contributed by atoms with Gasteiger partial charge in [0, 0.05) is 12.5 Å². The summed E-state index contributed by atoms with van der Waals surface area (Å²) in [5, 5.41) is 3.13. The highest BCUT2D eigenvalue weighted by atomic mass is 79.9. The van der Waals surface area contributed by atoms with Crippen molar-refractivity contribution in [3.05, 3.63) is 21.9 Å². The topological polar surface area (TPSA) is 68.0 Å². The van der Waals surface area contributed by atoms with E-state index in [1.165, 1.54) is 6.20 Å². The minimum absolute atomic E-state index is 0.0401. The second kappa shape index (κ2) is 6.93. The van der Waals surface area contributed by atoms with Gasteiger partial charge in [-0.1, -0.05) is 11.6 Å². The zero-order chi connectivity index (χ0) is 12.8. The molecule has 0 fully saturated rings. The molecule has 0 aliphatic rings. The second-order valence-corrected chi connectivity index (χ2v) is 5.13. The van der Waals surface area contributed by atoms with E-state index in [-0.39, 0.29) is 11.9 Å². The molecule has 1 unspecified atom stereocenters. The maximum absolute atomic E-state index is 11.6. The van der Waals surface area contributed by atoms with Gasteiger partial charge in [-0.05, 0) is 41.8 Å². The molecule has 17 heavy (non-hydrogen) atoms. The number of hydrogen-bond acceptors (Lipinski definition) is 3. The zero-order valence-corrected chi connectivity index (χ0v) is 11.9. The lowest BCUT2D eigenvalue weighted by atomic mass is 10.1. The predicted octanol–water partition coefficient (Wildman–Crippen LogP) is 2.95. The van der Waals surface area contributed by atoms with Crippen LogP contribution in [0.15, 0.2) is 16.7 Å². The van der Waals surface area contributed by atoms with Crippen molar-refractivity contribution in [1.29, 1.82) is 0 Å². The molecule has 0 radical (unpaired) electrons. The fourth-order valence-corrected chi connectivity index (χ4v) is 1.75. The molecule has 0 aliphatic carbocycles. The fraction of sp³-hybridized carbons (Fsp3) is 0.455. The molecule has 0 aromatic carbocycles. The highest BCUT2D eigenvalue weighted by Gasteiger charge is 2.05. The summed E-state index contributed by atoms with van der Waals surface area (Å²) in [7, 11) is 0. The van der Waals surface area contributed by atoms with E-state index in [9.17, 15) is 4.79 Å². The number of amides is 1. The Morgan fingerprint density at radius 3 is 3.00 bits per heavy atom. The van der Waals surface area contributed by atoms with Crippen LogP contribution in [0, 0.1) is 0 Å². The number of rotatable bonds is 5. The van der Waals surface area contributed by atoms with Crippen molar-refractivity contribution in [2.24, 2.45) is 5.73 Å². The SMILES string of the molecule is CC(N)CCCC(=O)Nc1cnc(Cl)c(Br)c1. The Morgan fingerprint density at radius 1 is 1.71 bits per heavy atom. The highest BCUT2D eigenvalue weighted by Crippen LogP contribution is 2.22. The normalized spacial score (nSPS) is 12.2. The Hall–Kier alpha value is -0.650. The molecule has 0 spiro atoms. The average Bonchev–Trinajstić information content (AvgIpc) is 2.23. The molecule has 1 heterocycles. The minimum atomic E-state index is -0.0401. The van der Waals surface area contributed by atoms with Crippen LogP contribution in [0.3, 0.4) is 0 Å². The zero-order valence-electron chi connectivity index (χ0n) is 9.54. The van der Waals surface area contributed by atoms with Gasteiger partial charge in [-0.3, -0.25) is 4.79 Å². The fourth-order valence-electron chi connectivity index (χ4n) is 1.30. The summed E-state index contributed by atoms with van der Waals surface area (Å²) in [6.07, 6.45) is 3.61. The van der Waals surface area contributed by atoms with Crippen molar-refractivity contribution in [3.8, 4) is 0 Å². The van der Waals surface area contributed by atoms with Crippen LogP contribution in [-0.4, -0.2) is 16.9 Å². The number of hydrogen-bond donors (Lipinski definition) is 2. The van der Waals surface area contributed by atoms with Gasteiger partial charge in [0.25, 0.3) is 0 Å². The largest absolute Gasteiger partial charge is 0.328 e. The summed E-state index contributed by atoms with van der Waals surface area (Å²) in [5.41, 5.74) is 6.24. The quantitative estimate of drug-likeness (QED) is 0.820. The lowest BCUT2D eigenvalue weighted by Crippen LogP contribution is -2.16. The van der Waals surface area contributed by atoms with Gasteiger partial charge < -0.3 is 11.1 Å². The lowest BCUT2D eigenvalue weighted by molar-refractivity contribution is -0.116. The summed E-state index contributed by atoms with van der Waals surface area (Å²) in [6.45, 7) is 1.93. The van der Waals surface area contributed by atoms with Crippen molar-refractivity contribution in [3.63, 3.8) is 0 Å².